The number of benzene rings is 1. The van der Waals surface area contributed by atoms with E-state index >= 15 is 0 Å². The van der Waals surface area contributed by atoms with Crippen molar-refractivity contribution in [2.24, 2.45) is 0 Å². The molecule has 0 unspecified atom stereocenters. The first kappa shape index (κ1) is 9.58. The maximum absolute atomic E-state index is 9.60. The summed E-state index contributed by atoms with van der Waals surface area (Å²) in [6.07, 6.45) is 1.73. The van der Waals surface area contributed by atoms with Gasteiger partial charge in [0.05, 0.1) is 19.0 Å². The molecular formula is C11H12N2O2. The summed E-state index contributed by atoms with van der Waals surface area (Å²) < 4.78 is 4.97. The fraction of sp³-hybridized carbons (Fsp3) is 0.182. The molecule has 1 aromatic heterocycles. The first-order valence-electron chi connectivity index (χ1n) is 4.59. The number of rotatable bonds is 2. The van der Waals surface area contributed by atoms with Crippen molar-refractivity contribution >= 4 is 0 Å². The zero-order valence-electron chi connectivity index (χ0n) is 8.61. The van der Waals surface area contributed by atoms with Gasteiger partial charge in [0, 0.05) is 5.56 Å². The maximum Gasteiger partial charge on any atom is 0.160 e. The number of ether oxygens (including phenoxy) is 1. The number of nitrogens with one attached hydrogen (secondary N) is 1. The Kier molecular flexibility index (Phi) is 2.33. The van der Waals surface area contributed by atoms with Gasteiger partial charge in [0.25, 0.3) is 0 Å². The minimum Gasteiger partial charge on any atom is -0.504 e. The molecule has 2 N–H and O–H groups in total. The van der Waals surface area contributed by atoms with E-state index in [2.05, 4.69) is 9.97 Å². The third-order valence-electron chi connectivity index (χ3n) is 2.19. The van der Waals surface area contributed by atoms with E-state index < -0.39 is 0 Å². The quantitative estimate of drug-likeness (QED) is 0.787. The molecule has 1 heterocycles. The molecule has 1 aromatic carbocycles. The molecule has 0 fully saturated rings. The van der Waals surface area contributed by atoms with Gasteiger partial charge in [0.1, 0.15) is 5.82 Å². The van der Waals surface area contributed by atoms with Crippen LogP contribution < -0.4 is 4.74 Å². The fourth-order valence-electron chi connectivity index (χ4n) is 1.43. The van der Waals surface area contributed by atoms with Gasteiger partial charge < -0.3 is 14.8 Å². The molecule has 0 aliphatic rings. The maximum atomic E-state index is 9.60. The molecule has 0 aliphatic carbocycles. The van der Waals surface area contributed by atoms with Crippen LogP contribution in [0.2, 0.25) is 0 Å². The van der Waals surface area contributed by atoms with Crippen molar-refractivity contribution in [1.82, 2.24) is 9.97 Å². The lowest BCUT2D eigenvalue weighted by Crippen LogP contribution is -1.84. The Bertz CT molecular complexity index is 477. The van der Waals surface area contributed by atoms with Crippen molar-refractivity contribution in [3.8, 4) is 22.8 Å². The first-order valence-corrected chi connectivity index (χ1v) is 4.59. The smallest absolute Gasteiger partial charge is 0.160 e. The third-order valence-corrected chi connectivity index (χ3v) is 2.19. The Labute approximate surface area is 87.6 Å². The van der Waals surface area contributed by atoms with Crippen molar-refractivity contribution in [2.45, 2.75) is 6.92 Å². The zero-order valence-corrected chi connectivity index (χ0v) is 8.61. The van der Waals surface area contributed by atoms with Crippen LogP contribution in [0.3, 0.4) is 0 Å². The van der Waals surface area contributed by atoms with E-state index in [1.54, 1.807) is 18.3 Å². The molecule has 0 aliphatic heterocycles. The molecule has 0 atom stereocenters. The third kappa shape index (κ3) is 1.79. The zero-order chi connectivity index (χ0) is 10.8. The second-order valence-electron chi connectivity index (χ2n) is 3.27. The summed E-state index contributed by atoms with van der Waals surface area (Å²) in [6, 6.07) is 5.23. The number of phenols is 1. The van der Waals surface area contributed by atoms with Crippen molar-refractivity contribution in [3.05, 3.63) is 30.2 Å². The molecule has 0 spiro atoms. The lowest BCUT2D eigenvalue weighted by atomic mass is 10.1. The molecule has 0 bridgehead atoms. The number of nitrogens with zero attached hydrogens (tertiary/aromatic N) is 1. The monoisotopic (exact) mass is 204 g/mol. The number of aromatic nitrogens is 2. The highest BCUT2D eigenvalue weighted by atomic mass is 16.5. The number of aryl methyl sites for hydroxylation is 1. The van der Waals surface area contributed by atoms with Crippen LogP contribution >= 0.6 is 0 Å². The first-order chi connectivity index (χ1) is 7.20. The Morgan fingerprint density at radius 1 is 1.40 bits per heavy atom. The molecular weight excluding hydrogens is 192 g/mol. The van der Waals surface area contributed by atoms with E-state index in [4.69, 9.17) is 4.74 Å². The fourth-order valence-corrected chi connectivity index (χ4v) is 1.43. The van der Waals surface area contributed by atoms with Crippen LogP contribution in [0.15, 0.2) is 24.4 Å². The van der Waals surface area contributed by atoms with E-state index in [9.17, 15) is 5.11 Å². The number of methoxy groups -OCH3 is 1. The average molecular weight is 204 g/mol. The van der Waals surface area contributed by atoms with Crippen LogP contribution in [0, 0.1) is 6.92 Å². The van der Waals surface area contributed by atoms with E-state index in [0.29, 0.717) is 5.75 Å². The number of hydrogen-bond donors (Lipinski definition) is 2. The number of H-pyrrole nitrogens is 1. The summed E-state index contributed by atoms with van der Waals surface area (Å²) in [5.41, 5.74) is 1.76. The van der Waals surface area contributed by atoms with Crippen molar-refractivity contribution in [3.63, 3.8) is 0 Å². The van der Waals surface area contributed by atoms with Gasteiger partial charge >= 0.3 is 0 Å². The van der Waals surface area contributed by atoms with Crippen LogP contribution in [0.5, 0.6) is 11.5 Å². The van der Waals surface area contributed by atoms with Crippen LogP contribution in [-0.4, -0.2) is 22.2 Å². The van der Waals surface area contributed by atoms with Gasteiger partial charge in [-0.2, -0.15) is 0 Å². The molecule has 4 heteroatoms. The summed E-state index contributed by atoms with van der Waals surface area (Å²) in [5.74, 6) is 1.44. The number of aromatic amines is 1. The van der Waals surface area contributed by atoms with Gasteiger partial charge in [-0.3, -0.25) is 0 Å². The van der Waals surface area contributed by atoms with Gasteiger partial charge in [0.15, 0.2) is 11.5 Å². The number of hydrogen-bond acceptors (Lipinski definition) is 3. The average Bonchev–Trinajstić information content (AvgIpc) is 2.65. The minimum atomic E-state index is 0.127. The predicted octanol–water partition coefficient (Wildman–Crippen LogP) is 2.10. The second-order valence-corrected chi connectivity index (χ2v) is 3.27. The van der Waals surface area contributed by atoms with Gasteiger partial charge in [-0.05, 0) is 25.1 Å². The predicted molar refractivity (Wildman–Crippen MR) is 57.0 cm³/mol. The molecule has 2 rings (SSSR count). The van der Waals surface area contributed by atoms with Gasteiger partial charge in [0.2, 0.25) is 0 Å². The van der Waals surface area contributed by atoms with E-state index in [1.807, 2.05) is 13.0 Å². The van der Waals surface area contributed by atoms with Crippen LogP contribution in [0.25, 0.3) is 11.3 Å². The topological polar surface area (TPSA) is 58.1 Å². The number of imidazole rings is 1. The Morgan fingerprint density at radius 2 is 2.20 bits per heavy atom. The van der Waals surface area contributed by atoms with E-state index in [0.717, 1.165) is 17.1 Å². The van der Waals surface area contributed by atoms with Crippen LogP contribution in [0.4, 0.5) is 0 Å². The summed E-state index contributed by atoms with van der Waals surface area (Å²) in [6.45, 7) is 1.88. The largest absolute Gasteiger partial charge is 0.504 e. The highest BCUT2D eigenvalue weighted by Gasteiger charge is 2.05. The normalized spacial score (nSPS) is 10.3. The summed E-state index contributed by atoms with van der Waals surface area (Å²) in [5, 5.41) is 9.60. The highest BCUT2D eigenvalue weighted by molar-refractivity contribution is 5.63. The highest BCUT2D eigenvalue weighted by Crippen LogP contribution is 2.30. The van der Waals surface area contributed by atoms with E-state index in [1.165, 1.54) is 7.11 Å². The Morgan fingerprint density at radius 3 is 2.73 bits per heavy atom. The van der Waals surface area contributed by atoms with Gasteiger partial charge in [-0.1, -0.05) is 0 Å². The Hall–Kier alpha value is -1.97. The summed E-state index contributed by atoms with van der Waals surface area (Å²) >= 11 is 0. The molecule has 78 valence electrons. The standard InChI is InChI=1S/C11H12N2O2/c1-7-12-6-9(13-7)8-3-4-11(15-2)10(14)5-8/h3-6,14H,1-2H3,(H,12,13). The van der Waals surface area contributed by atoms with Gasteiger partial charge in [-0.25, -0.2) is 4.98 Å². The second kappa shape index (κ2) is 3.65. The summed E-state index contributed by atoms with van der Waals surface area (Å²) in [7, 11) is 1.52. The van der Waals surface area contributed by atoms with E-state index in [-0.39, 0.29) is 5.75 Å². The van der Waals surface area contributed by atoms with Crippen molar-refractivity contribution in [1.29, 1.82) is 0 Å². The molecule has 15 heavy (non-hydrogen) atoms. The molecule has 0 saturated heterocycles. The van der Waals surface area contributed by atoms with Gasteiger partial charge in [-0.15, -0.1) is 0 Å². The Balaban J connectivity index is 2.42. The molecule has 0 saturated carbocycles. The minimum absolute atomic E-state index is 0.127. The van der Waals surface area contributed by atoms with Crippen LogP contribution in [-0.2, 0) is 0 Å². The molecule has 0 amide bonds. The molecule has 4 nitrogen and oxygen atoms in total. The lowest BCUT2D eigenvalue weighted by molar-refractivity contribution is 0.373. The summed E-state index contributed by atoms with van der Waals surface area (Å²) in [4.78, 5) is 7.19. The number of phenolic OH excluding ortho intramolecular Hbond substituents is 1. The lowest BCUT2D eigenvalue weighted by Gasteiger charge is -2.04. The van der Waals surface area contributed by atoms with Crippen LogP contribution in [0.1, 0.15) is 5.82 Å². The SMILES string of the molecule is COc1ccc(-c2cnc(C)[nH]2)cc1O. The van der Waals surface area contributed by atoms with Crippen molar-refractivity contribution < 1.29 is 9.84 Å². The van der Waals surface area contributed by atoms with Crippen molar-refractivity contribution in [2.75, 3.05) is 7.11 Å². The molecule has 0 radical (unpaired) electrons. The number of aromatic hydroxyl groups is 1. The molecule has 2 aromatic rings.